The van der Waals surface area contributed by atoms with Crippen molar-refractivity contribution in [3.8, 4) is 0 Å². The number of alkyl halides is 1. The van der Waals surface area contributed by atoms with Gasteiger partial charge in [0.25, 0.3) is 0 Å². The van der Waals surface area contributed by atoms with Crippen LogP contribution in [0, 0.1) is 11.3 Å². The molecule has 1 aromatic rings. The van der Waals surface area contributed by atoms with Crippen molar-refractivity contribution in [2.75, 3.05) is 6.54 Å². The van der Waals surface area contributed by atoms with Crippen LogP contribution in [0.4, 0.5) is 4.39 Å². The van der Waals surface area contributed by atoms with Crippen LogP contribution in [0.3, 0.4) is 0 Å². The molecule has 0 radical (unpaired) electrons. The summed E-state index contributed by atoms with van der Waals surface area (Å²) in [5.74, 6) is 0.957. The van der Waals surface area contributed by atoms with Crippen LogP contribution in [-0.2, 0) is 12.8 Å². The summed E-state index contributed by atoms with van der Waals surface area (Å²) >= 11 is 0. The Morgan fingerprint density at radius 3 is 2.35 bits per heavy atom. The minimum absolute atomic E-state index is 0.113. The van der Waals surface area contributed by atoms with Crippen molar-refractivity contribution in [2.45, 2.75) is 77.8 Å². The van der Waals surface area contributed by atoms with Gasteiger partial charge in [-0.2, -0.15) is 0 Å². The van der Waals surface area contributed by atoms with E-state index in [0.717, 1.165) is 17.9 Å². The van der Waals surface area contributed by atoms with E-state index >= 15 is 0 Å². The lowest BCUT2D eigenvalue weighted by Crippen LogP contribution is -2.24. The minimum atomic E-state index is -0.920. The largest absolute Gasteiger partial charge is 0.328 e. The van der Waals surface area contributed by atoms with E-state index < -0.39 is 6.17 Å². The molecule has 130 valence electrons. The molecule has 1 aliphatic rings. The van der Waals surface area contributed by atoms with E-state index in [-0.39, 0.29) is 6.54 Å². The summed E-state index contributed by atoms with van der Waals surface area (Å²) in [6.07, 6.45) is 10.1. The molecule has 0 heterocycles. The van der Waals surface area contributed by atoms with Gasteiger partial charge < -0.3 is 5.73 Å². The molecule has 2 heteroatoms. The molecule has 0 spiro atoms. The maximum Gasteiger partial charge on any atom is 0.116 e. The lowest BCUT2D eigenvalue weighted by atomic mass is 9.71. The first-order valence-corrected chi connectivity index (χ1v) is 9.55. The van der Waals surface area contributed by atoms with Crippen molar-refractivity contribution in [3.05, 3.63) is 35.4 Å². The zero-order chi connectivity index (χ0) is 16.7. The van der Waals surface area contributed by atoms with Gasteiger partial charge >= 0.3 is 0 Å². The molecule has 1 saturated carbocycles. The number of nitrogens with two attached hydrogens (primary N) is 1. The van der Waals surface area contributed by atoms with Crippen molar-refractivity contribution in [2.24, 2.45) is 17.1 Å². The molecule has 1 aromatic carbocycles. The van der Waals surface area contributed by atoms with E-state index in [0.29, 0.717) is 11.8 Å². The van der Waals surface area contributed by atoms with Crippen LogP contribution >= 0.6 is 0 Å². The third-order valence-electron chi connectivity index (χ3n) is 5.56. The summed E-state index contributed by atoms with van der Waals surface area (Å²) in [6, 6.07) is 8.50. The fourth-order valence-electron chi connectivity index (χ4n) is 4.32. The standard InChI is InChI=1S/C21H34FN/c1-3-11-21(12-4-2,19-8-9-19)13-10-17-6-5-7-18(14-17)15-20(22)16-23/h5-7,14,19-20H,3-4,8-13,15-16,23H2,1-2H3. The highest BCUT2D eigenvalue weighted by Gasteiger charge is 2.42. The average Bonchev–Trinajstić information content (AvgIpc) is 3.38. The second kappa shape index (κ2) is 8.82. The predicted molar refractivity (Wildman–Crippen MR) is 97.4 cm³/mol. The first-order valence-electron chi connectivity index (χ1n) is 9.55. The Morgan fingerprint density at radius 1 is 1.13 bits per heavy atom. The molecular weight excluding hydrogens is 285 g/mol. The Kier molecular flexibility index (Phi) is 7.08. The monoisotopic (exact) mass is 319 g/mol. The van der Waals surface area contributed by atoms with Crippen molar-refractivity contribution >= 4 is 0 Å². The van der Waals surface area contributed by atoms with Crippen molar-refractivity contribution < 1.29 is 4.39 Å². The number of benzene rings is 1. The summed E-state index contributed by atoms with van der Waals surface area (Å²) < 4.78 is 13.5. The molecular formula is C21H34FN. The molecule has 2 rings (SSSR count). The quantitative estimate of drug-likeness (QED) is 0.576. The maximum atomic E-state index is 13.5. The predicted octanol–water partition coefficient (Wildman–Crippen LogP) is 5.46. The molecule has 23 heavy (non-hydrogen) atoms. The maximum absolute atomic E-state index is 13.5. The van der Waals surface area contributed by atoms with Crippen LogP contribution in [0.1, 0.15) is 69.9 Å². The Bertz CT molecular complexity index is 461. The number of hydrogen-bond acceptors (Lipinski definition) is 1. The average molecular weight is 320 g/mol. The molecule has 0 amide bonds. The fraction of sp³-hybridized carbons (Fsp3) is 0.714. The summed E-state index contributed by atoms with van der Waals surface area (Å²) in [5, 5.41) is 0. The summed E-state index contributed by atoms with van der Waals surface area (Å²) in [5.41, 5.74) is 8.41. The molecule has 2 N–H and O–H groups in total. The van der Waals surface area contributed by atoms with Gasteiger partial charge in [0, 0.05) is 13.0 Å². The normalized spacial score (nSPS) is 16.5. The molecule has 0 aromatic heterocycles. The van der Waals surface area contributed by atoms with Crippen molar-refractivity contribution in [3.63, 3.8) is 0 Å². The SMILES string of the molecule is CCCC(CCC)(CCc1cccc(CC(F)CN)c1)C1CC1. The summed E-state index contributed by atoms with van der Waals surface area (Å²) in [6.45, 7) is 4.76. The first kappa shape index (κ1) is 18.4. The van der Waals surface area contributed by atoms with Gasteiger partial charge in [-0.25, -0.2) is 4.39 Å². The van der Waals surface area contributed by atoms with Gasteiger partial charge in [0.1, 0.15) is 6.17 Å². The van der Waals surface area contributed by atoms with Crippen LogP contribution in [0.25, 0.3) is 0 Å². The minimum Gasteiger partial charge on any atom is -0.328 e. The highest BCUT2D eigenvalue weighted by Crippen LogP contribution is 2.53. The molecule has 1 unspecified atom stereocenters. The second-order valence-electron chi connectivity index (χ2n) is 7.49. The van der Waals surface area contributed by atoms with Gasteiger partial charge in [-0.05, 0) is 61.0 Å². The zero-order valence-electron chi connectivity index (χ0n) is 15.0. The molecule has 1 atom stereocenters. The van der Waals surface area contributed by atoms with Gasteiger partial charge in [0.05, 0.1) is 0 Å². The molecule has 0 aliphatic heterocycles. The molecule has 0 bridgehead atoms. The lowest BCUT2D eigenvalue weighted by Gasteiger charge is -2.34. The number of aryl methyl sites for hydroxylation is 1. The van der Waals surface area contributed by atoms with E-state index in [9.17, 15) is 4.39 Å². The Morgan fingerprint density at radius 2 is 1.78 bits per heavy atom. The molecule has 1 nitrogen and oxygen atoms in total. The highest BCUT2D eigenvalue weighted by molar-refractivity contribution is 5.24. The molecule has 1 aliphatic carbocycles. The van der Waals surface area contributed by atoms with E-state index in [1.54, 1.807) is 0 Å². The van der Waals surface area contributed by atoms with Gasteiger partial charge in [0.15, 0.2) is 0 Å². The highest BCUT2D eigenvalue weighted by atomic mass is 19.1. The van der Waals surface area contributed by atoms with Gasteiger partial charge in [-0.1, -0.05) is 51.0 Å². The Balaban J connectivity index is 2.01. The van der Waals surface area contributed by atoms with Gasteiger partial charge in [0.2, 0.25) is 0 Å². The smallest absolute Gasteiger partial charge is 0.116 e. The number of halogens is 1. The van der Waals surface area contributed by atoms with Crippen LogP contribution < -0.4 is 5.73 Å². The van der Waals surface area contributed by atoms with Gasteiger partial charge in [-0.3, -0.25) is 0 Å². The Labute approximate surface area is 141 Å². The fourth-order valence-corrected chi connectivity index (χ4v) is 4.32. The van der Waals surface area contributed by atoms with Crippen LogP contribution in [-0.4, -0.2) is 12.7 Å². The third kappa shape index (κ3) is 5.31. The van der Waals surface area contributed by atoms with E-state index in [1.165, 1.54) is 50.5 Å². The topological polar surface area (TPSA) is 26.0 Å². The van der Waals surface area contributed by atoms with Crippen LogP contribution in [0.2, 0.25) is 0 Å². The van der Waals surface area contributed by atoms with Crippen LogP contribution in [0.5, 0.6) is 0 Å². The number of hydrogen-bond donors (Lipinski definition) is 1. The summed E-state index contributed by atoms with van der Waals surface area (Å²) in [4.78, 5) is 0. The number of rotatable bonds is 11. The van der Waals surface area contributed by atoms with Crippen molar-refractivity contribution in [1.82, 2.24) is 0 Å². The first-order chi connectivity index (χ1) is 11.1. The van der Waals surface area contributed by atoms with E-state index in [1.807, 2.05) is 6.07 Å². The summed E-state index contributed by atoms with van der Waals surface area (Å²) in [7, 11) is 0. The second-order valence-corrected chi connectivity index (χ2v) is 7.49. The van der Waals surface area contributed by atoms with Crippen LogP contribution in [0.15, 0.2) is 24.3 Å². The third-order valence-corrected chi connectivity index (χ3v) is 5.56. The van der Waals surface area contributed by atoms with E-state index in [4.69, 9.17) is 5.73 Å². The molecule has 1 fully saturated rings. The molecule has 0 saturated heterocycles. The lowest BCUT2D eigenvalue weighted by molar-refractivity contribution is 0.174. The van der Waals surface area contributed by atoms with Crippen molar-refractivity contribution in [1.29, 1.82) is 0 Å². The zero-order valence-corrected chi connectivity index (χ0v) is 15.0. The van der Waals surface area contributed by atoms with E-state index in [2.05, 4.69) is 32.0 Å². The van der Waals surface area contributed by atoms with Gasteiger partial charge in [-0.15, -0.1) is 0 Å². The Hall–Kier alpha value is -0.890.